The van der Waals surface area contributed by atoms with Crippen molar-refractivity contribution in [3.63, 3.8) is 0 Å². The van der Waals surface area contributed by atoms with E-state index in [1.54, 1.807) is 6.26 Å². The van der Waals surface area contributed by atoms with Crippen molar-refractivity contribution in [3.8, 4) is 0 Å². The topological polar surface area (TPSA) is 66.1 Å². The molecule has 5 heteroatoms. The van der Waals surface area contributed by atoms with Crippen molar-refractivity contribution in [1.82, 2.24) is 4.90 Å². The van der Waals surface area contributed by atoms with Crippen LogP contribution in [0.1, 0.15) is 90.2 Å². The van der Waals surface area contributed by atoms with Crippen LogP contribution in [0.4, 0.5) is 0 Å². The van der Waals surface area contributed by atoms with Crippen molar-refractivity contribution in [2.24, 2.45) is 28.6 Å². The van der Waals surface area contributed by atoms with Crippen molar-refractivity contribution < 1.29 is 19.4 Å². The van der Waals surface area contributed by atoms with Gasteiger partial charge in [0.05, 0.1) is 24.6 Å². The van der Waals surface area contributed by atoms with E-state index < -0.39 is 11.2 Å². The minimum atomic E-state index is -0.736. The first-order valence-electron chi connectivity index (χ1n) is 14.1. The molecule has 4 aliphatic carbocycles. The fourth-order valence-electron chi connectivity index (χ4n) is 9.76. The molecule has 2 N–H and O–H groups in total. The number of rotatable bonds is 5. The number of hydrogen-bond donors (Lipinski definition) is 2. The molecule has 6 rings (SSSR count). The number of aliphatic hydroxyl groups is 2. The lowest BCUT2D eigenvalue weighted by molar-refractivity contribution is -0.252. The Balaban J connectivity index is 1.31. The molecule has 8 atom stereocenters. The van der Waals surface area contributed by atoms with Crippen LogP contribution in [0.5, 0.6) is 0 Å². The molecule has 5 nitrogen and oxygen atoms in total. The van der Waals surface area contributed by atoms with E-state index in [-0.39, 0.29) is 16.9 Å². The third-order valence-corrected chi connectivity index (χ3v) is 11.8. The predicted octanol–water partition coefficient (Wildman–Crippen LogP) is 5.11. The summed E-state index contributed by atoms with van der Waals surface area (Å²) < 4.78 is 13.0. The zero-order valence-electron chi connectivity index (χ0n) is 21.3. The van der Waals surface area contributed by atoms with Crippen LogP contribution in [-0.4, -0.2) is 53.1 Å². The monoisotopic (exact) mass is 471 g/mol. The van der Waals surface area contributed by atoms with Gasteiger partial charge < -0.3 is 24.3 Å². The van der Waals surface area contributed by atoms with E-state index in [1.807, 2.05) is 6.07 Å². The first kappa shape index (κ1) is 23.5. The van der Waals surface area contributed by atoms with Crippen molar-refractivity contribution in [2.45, 2.75) is 102 Å². The third-order valence-electron chi connectivity index (χ3n) is 11.8. The van der Waals surface area contributed by atoms with E-state index in [0.29, 0.717) is 24.4 Å². The van der Waals surface area contributed by atoms with E-state index in [1.165, 1.54) is 25.9 Å². The van der Waals surface area contributed by atoms with Crippen molar-refractivity contribution in [3.05, 3.63) is 24.2 Å². The van der Waals surface area contributed by atoms with Gasteiger partial charge in [0.2, 0.25) is 0 Å². The highest BCUT2D eigenvalue weighted by molar-refractivity contribution is 5.28. The summed E-state index contributed by atoms with van der Waals surface area (Å²) in [6.45, 7) is 8.80. The lowest BCUT2D eigenvalue weighted by atomic mass is 9.43. The Hall–Kier alpha value is -0.880. The maximum Gasteiger partial charge on any atom is 0.136 e. The standard InChI is InChI=1S/C29H45NO4/c1-26-11-9-22(31)20-21(26)7-8-24-23(26)10-12-27(2)28(24,32)13-14-29(27,25-6-5-18-33-25)34-19-17-30-15-3-4-16-30/h5-6,18,21-24,31-32H,3-4,7-17,19-20H2,1-2H3/t21-,22-,23-,24+,26-,27-,28-,29-/m0/s1. The average molecular weight is 472 g/mol. The molecule has 4 saturated carbocycles. The Morgan fingerprint density at radius 1 is 1.03 bits per heavy atom. The molecule has 2 heterocycles. The summed E-state index contributed by atoms with van der Waals surface area (Å²) in [6.07, 6.45) is 13.1. The molecular weight excluding hydrogens is 426 g/mol. The average Bonchev–Trinajstić information content (AvgIpc) is 3.57. The third kappa shape index (κ3) is 3.19. The normalized spacial score (nSPS) is 48.9. The molecule has 0 amide bonds. The summed E-state index contributed by atoms with van der Waals surface area (Å²) in [5, 5.41) is 23.0. The highest BCUT2D eigenvalue weighted by Gasteiger charge is 2.73. The number of ether oxygens (including phenoxy) is 1. The molecule has 1 saturated heterocycles. The number of nitrogens with zero attached hydrogens (tertiary/aromatic N) is 1. The molecule has 0 aromatic carbocycles. The summed E-state index contributed by atoms with van der Waals surface area (Å²) >= 11 is 0. The van der Waals surface area contributed by atoms with E-state index in [0.717, 1.165) is 70.1 Å². The van der Waals surface area contributed by atoms with Gasteiger partial charge in [0.15, 0.2) is 0 Å². The van der Waals surface area contributed by atoms with E-state index in [2.05, 4.69) is 24.8 Å². The van der Waals surface area contributed by atoms with Crippen molar-refractivity contribution in [1.29, 1.82) is 0 Å². The van der Waals surface area contributed by atoms with E-state index in [4.69, 9.17) is 9.15 Å². The van der Waals surface area contributed by atoms with Gasteiger partial charge in [-0.1, -0.05) is 13.8 Å². The largest absolute Gasteiger partial charge is 0.466 e. The SMILES string of the molecule is C[C@]12CC[C@H](O)C[C@@H]1CC[C@@H]1[C@@H]2CC[C@]2(C)[C@@](OCCN3CCCC3)(c3ccco3)CC[C@]12O. The lowest BCUT2D eigenvalue weighted by Crippen LogP contribution is -2.65. The molecule has 1 aliphatic heterocycles. The summed E-state index contributed by atoms with van der Waals surface area (Å²) in [6, 6.07) is 4.06. The lowest BCUT2D eigenvalue weighted by Gasteiger charge is -2.64. The van der Waals surface area contributed by atoms with Crippen molar-refractivity contribution in [2.75, 3.05) is 26.2 Å². The smallest absolute Gasteiger partial charge is 0.136 e. The Labute approximate surface area is 205 Å². The Morgan fingerprint density at radius 2 is 1.85 bits per heavy atom. The minimum absolute atomic E-state index is 0.131. The molecule has 5 aliphatic rings. The highest BCUT2D eigenvalue weighted by atomic mass is 16.5. The summed E-state index contributed by atoms with van der Waals surface area (Å²) in [4.78, 5) is 2.51. The Bertz CT molecular complexity index is 867. The summed E-state index contributed by atoms with van der Waals surface area (Å²) in [5.74, 6) is 2.35. The molecule has 0 unspecified atom stereocenters. The predicted molar refractivity (Wildman–Crippen MR) is 131 cm³/mol. The van der Waals surface area contributed by atoms with Gasteiger partial charge in [-0.3, -0.25) is 0 Å². The quantitative estimate of drug-likeness (QED) is 0.625. The van der Waals surface area contributed by atoms with E-state index in [9.17, 15) is 10.2 Å². The fraction of sp³-hybridized carbons (Fsp3) is 0.862. The van der Waals surface area contributed by atoms with Gasteiger partial charge in [0, 0.05) is 12.0 Å². The molecule has 5 fully saturated rings. The molecule has 0 bridgehead atoms. The fourth-order valence-corrected chi connectivity index (χ4v) is 9.76. The second kappa shape index (κ2) is 8.33. The number of furan rings is 1. The molecule has 1 aromatic heterocycles. The van der Waals surface area contributed by atoms with Crippen LogP contribution in [0.25, 0.3) is 0 Å². The zero-order valence-corrected chi connectivity index (χ0v) is 21.3. The zero-order chi connectivity index (χ0) is 23.6. The maximum atomic E-state index is 12.7. The highest BCUT2D eigenvalue weighted by Crippen LogP contribution is 2.72. The number of aliphatic hydroxyl groups excluding tert-OH is 1. The Morgan fingerprint density at radius 3 is 2.62 bits per heavy atom. The van der Waals surface area contributed by atoms with Crippen LogP contribution < -0.4 is 0 Å². The van der Waals surface area contributed by atoms with Crippen LogP contribution in [0, 0.1) is 28.6 Å². The van der Waals surface area contributed by atoms with Gasteiger partial charge in [0.25, 0.3) is 0 Å². The molecule has 190 valence electrons. The second-order valence-corrected chi connectivity index (χ2v) is 12.9. The molecular formula is C29H45NO4. The van der Waals surface area contributed by atoms with E-state index >= 15 is 0 Å². The summed E-state index contributed by atoms with van der Waals surface area (Å²) in [5.41, 5.74) is -1.41. The van der Waals surface area contributed by atoms with Gasteiger partial charge in [-0.05, 0) is 119 Å². The minimum Gasteiger partial charge on any atom is -0.466 e. The van der Waals surface area contributed by atoms with Gasteiger partial charge in [-0.25, -0.2) is 0 Å². The first-order chi connectivity index (χ1) is 16.3. The van der Waals surface area contributed by atoms with Crippen LogP contribution in [-0.2, 0) is 10.3 Å². The van der Waals surface area contributed by atoms with Gasteiger partial charge in [-0.2, -0.15) is 0 Å². The second-order valence-electron chi connectivity index (χ2n) is 12.9. The van der Waals surface area contributed by atoms with Crippen LogP contribution in [0.2, 0.25) is 0 Å². The number of likely N-dealkylation sites (tertiary alicyclic amines) is 1. The first-order valence-corrected chi connectivity index (χ1v) is 14.1. The number of fused-ring (bicyclic) bond motifs is 5. The van der Waals surface area contributed by atoms with Gasteiger partial charge in [0.1, 0.15) is 11.4 Å². The Kier molecular flexibility index (Phi) is 5.76. The van der Waals surface area contributed by atoms with Gasteiger partial charge in [-0.15, -0.1) is 0 Å². The number of hydrogen-bond acceptors (Lipinski definition) is 5. The molecule has 34 heavy (non-hydrogen) atoms. The van der Waals surface area contributed by atoms with Crippen LogP contribution >= 0.6 is 0 Å². The van der Waals surface area contributed by atoms with Gasteiger partial charge >= 0.3 is 0 Å². The van der Waals surface area contributed by atoms with Crippen LogP contribution in [0.3, 0.4) is 0 Å². The van der Waals surface area contributed by atoms with Crippen molar-refractivity contribution >= 4 is 0 Å². The van der Waals surface area contributed by atoms with Crippen LogP contribution in [0.15, 0.2) is 22.8 Å². The molecule has 0 radical (unpaired) electrons. The summed E-state index contributed by atoms with van der Waals surface area (Å²) in [7, 11) is 0. The maximum absolute atomic E-state index is 12.7. The molecule has 0 spiro atoms. The molecule has 1 aromatic rings.